The van der Waals surface area contributed by atoms with Crippen LogP contribution >= 0.6 is 22.9 Å². The molecule has 0 aromatic carbocycles. The molecule has 15 heavy (non-hydrogen) atoms. The smallest absolute Gasteiger partial charge is 0.0417 e. The Morgan fingerprint density at radius 3 is 2.93 bits per heavy atom. The van der Waals surface area contributed by atoms with Crippen LogP contribution in [0.15, 0.2) is 17.5 Å². The lowest BCUT2D eigenvalue weighted by molar-refractivity contribution is 0.250. The molecule has 0 bridgehead atoms. The third-order valence-electron chi connectivity index (χ3n) is 3.75. The summed E-state index contributed by atoms with van der Waals surface area (Å²) in [6, 6.07) is 4.31. The quantitative estimate of drug-likeness (QED) is 0.673. The monoisotopic (exact) mass is 242 g/mol. The zero-order valence-electron chi connectivity index (χ0n) is 9.50. The van der Waals surface area contributed by atoms with Crippen LogP contribution in [0.25, 0.3) is 0 Å². The van der Waals surface area contributed by atoms with Crippen molar-refractivity contribution < 1.29 is 0 Å². The number of alkyl halides is 1. The van der Waals surface area contributed by atoms with Crippen molar-refractivity contribution in [2.24, 2.45) is 11.3 Å². The lowest BCUT2D eigenvalue weighted by Gasteiger charge is -2.30. The van der Waals surface area contributed by atoms with E-state index in [4.69, 9.17) is 11.6 Å². The fourth-order valence-corrected chi connectivity index (χ4v) is 4.28. The van der Waals surface area contributed by atoms with Gasteiger partial charge in [-0.2, -0.15) is 0 Å². The lowest BCUT2D eigenvalue weighted by Crippen LogP contribution is -2.27. The van der Waals surface area contributed by atoms with E-state index in [0.29, 0.717) is 16.7 Å². The molecule has 0 saturated heterocycles. The van der Waals surface area contributed by atoms with Gasteiger partial charge in [-0.15, -0.1) is 22.9 Å². The van der Waals surface area contributed by atoms with Gasteiger partial charge in [-0.25, -0.2) is 0 Å². The summed E-state index contributed by atoms with van der Waals surface area (Å²) in [5.74, 6) is 0.696. The van der Waals surface area contributed by atoms with Crippen LogP contribution in [-0.2, 0) is 6.42 Å². The molecule has 84 valence electrons. The number of halogens is 1. The molecule has 1 aliphatic rings. The minimum Gasteiger partial charge on any atom is -0.149 e. The number of hydrogen-bond acceptors (Lipinski definition) is 1. The first-order valence-electron chi connectivity index (χ1n) is 5.76. The van der Waals surface area contributed by atoms with Gasteiger partial charge in [0, 0.05) is 10.3 Å². The number of hydrogen-bond donors (Lipinski definition) is 0. The van der Waals surface area contributed by atoms with Gasteiger partial charge in [-0.1, -0.05) is 26.3 Å². The van der Waals surface area contributed by atoms with Gasteiger partial charge in [-0.3, -0.25) is 0 Å². The molecule has 0 radical (unpaired) electrons. The van der Waals surface area contributed by atoms with Crippen LogP contribution in [0, 0.1) is 11.3 Å². The van der Waals surface area contributed by atoms with Gasteiger partial charge in [0.1, 0.15) is 0 Å². The summed E-state index contributed by atoms with van der Waals surface area (Å²) >= 11 is 8.40. The Labute approximate surface area is 102 Å². The fourth-order valence-electron chi connectivity index (χ4n) is 2.79. The van der Waals surface area contributed by atoms with Crippen LogP contribution in [0.2, 0.25) is 0 Å². The van der Waals surface area contributed by atoms with Crippen molar-refractivity contribution >= 4 is 22.9 Å². The summed E-state index contributed by atoms with van der Waals surface area (Å²) in [6.07, 6.45) is 5.05. The minimum atomic E-state index is 0.321. The SMILES string of the molecule is CC1(C)CCCC1C(Cl)Cc1cccs1. The molecule has 0 nitrogen and oxygen atoms in total. The zero-order chi connectivity index (χ0) is 10.9. The van der Waals surface area contributed by atoms with E-state index in [0.717, 1.165) is 6.42 Å². The Bertz CT molecular complexity index is 302. The van der Waals surface area contributed by atoms with Crippen LogP contribution in [-0.4, -0.2) is 5.38 Å². The predicted molar refractivity (Wildman–Crippen MR) is 68.8 cm³/mol. The average molecular weight is 243 g/mol. The zero-order valence-corrected chi connectivity index (χ0v) is 11.1. The fraction of sp³-hybridized carbons (Fsp3) is 0.692. The van der Waals surface area contributed by atoms with E-state index in [1.54, 1.807) is 0 Å². The van der Waals surface area contributed by atoms with Crippen molar-refractivity contribution in [2.75, 3.05) is 0 Å². The van der Waals surface area contributed by atoms with Gasteiger partial charge >= 0.3 is 0 Å². The molecule has 2 unspecified atom stereocenters. The second-order valence-electron chi connectivity index (χ2n) is 5.29. The van der Waals surface area contributed by atoms with Gasteiger partial charge < -0.3 is 0 Å². The van der Waals surface area contributed by atoms with Crippen LogP contribution in [0.5, 0.6) is 0 Å². The molecule has 0 N–H and O–H groups in total. The molecule has 1 aromatic rings. The van der Waals surface area contributed by atoms with Crippen molar-refractivity contribution in [1.29, 1.82) is 0 Å². The standard InChI is InChI=1S/C13H19ClS/c1-13(2)7-3-6-11(13)12(14)9-10-5-4-8-15-10/h4-5,8,11-12H,3,6-7,9H2,1-2H3. The maximum absolute atomic E-state index is 6.57. The van der Waals surface area contributed by atoms with Gasteiger partial charge in [0.2, 0.25) is 0 Å². The summed E-state index contributed by atoms with van der Waals surface area (Å²) < 4.78 is 0. The topological polar surface area (TPSA) is 0 Å². The van der Waals surface area contributed by atoms with Crippen molar-refractivity contribution in [2.45, 2.75) is 44.9 Å². The molecule has 1 saturated carbocycles. The van der Waals surface area contributed by atoms with E-state index in [9.17, 15) is 0 Å². The molecular formula is C13H19ClS. The third-order valence-corrected chi connectivity index (χ3v) is 5.11. The largest absolute Gasteiger partial charge is 0.149 e. The summed E-state index contributed by atoms with van der Waals surface area (Å²) in [4.78, 5) is 1.43. The maximum atomic E-state index is 6.57. The highest BCUT2D eigenvalue weighted by Crippen LogP contribution is 2.46. The molecule has 1 heterocycles. The van der Waals surface area contributed by atoms with Gasteiger partial charge in [0.25, 0.3) is 0 Å². The Morgan fingerprint density at radius 2 is 2.40 bits per heavy atom. The van der Waals surface area contributed by atoms with E-state index in [2.05, 4.69) is 31.4 Å². The molecule has 1 fully saturated rings. The molecule has 2 heteroatoms. The van der Waals surface area contributed by atoms with Crippen LogP contribution in [0.3, 0.4) is 0 Å². The molecule has 2 atom stereocenters. The summed E-state index contributed by atoms with van der Waals surface area (Å²) in [6.45, 7) is 4.74. The van der Waals surface area contributed by atoms with Crippen molar-refractivity contribution in [3.63, 3.8) is 0 Å². The van der Waals surface area contributed by atoms with E-state index >= 15 is 0 Å². The maximum Gasteiger partial charge on any atom is 0.0417 e. The molecule has 2 rings (SSSR count). The Kier molecular flexibility index (Phi) is 3.42. The molecule has 1 aromatic heterocycles. The minimum absolute atomic E-state index is 0.321. The van der Waals surface area contributed by atoms with E-state index in [-0.39, 0.29) is 0 Å². The molecule has 0 amide bonds. The third kappa shape index (κ3) is 2.57. The van der Waals surface area contributed by atoms with E-state index in [1.807, 2.05) is 11.3 Å². The van der Waals surface area contributed by atoms with Crippen LogP contribution in [0.4, 0.5) is 0 Å². The van der Waals surface area contributed by atoms with Gasteiger partial charge in [-0.05, 0) is 42.0 Å². The van der Waals surface area contributed by atoms with Gasteiger partial charge in [0.15, 0.2) is 0 Å². The average Bonchev–Trinajstić information content (AvgIpc) is 2.73. The summed E-state index contributed by atoms with van der Waals surface area (Å²) in [5, 5.41) is 2.46. The van der Waals surface area contributed by atoms with Crippen LogP contribution < -0.4 is 0 Å². The molecule has 0 aliphatic heterocycles. The second kappa shape index (κ2) is 4.47. The Balaban J connectivity index is 1.99. The summed E-state index contributed by atoms with van der Waals surface area (Å²) in [5.41, 5.74) is 0.448. The van der Waals surface area contributed by atoms with E-state index in [1.165, 1.54) is 24.1 Å². The van der Waals surface area contributed by atoms with Crippen LogP contribution in [0.1, 0.15) is 38.0 Å². The van der Waals surface area contributed by atoms with Crippen molar-refractivity contribution in [3.8, 4) is 0 Å². The highest BCUT2D eigenvalue weighted by molar-refractivity contribution is 7.09. The van der Waals surface area contributed by atoms with E-state index < -0.39 is 0 Å². The first kappa shape index (κ1) is 11.5. The molecule has 0 spiro atoms. The van der Waals surface area contributed by atoms with Crippen molar-refractivity contribution in [3.05, 3.63) is 22.4 Å². The van der Waals surface area contributed by atoms with Crippen molar-refractivity contribution in [1.82, 2.24) is 0 Å². The first-order chi connectivity index (χ1) is 7.09. The molecular weight excluding hydrogens is 224 g/mol. The Morgan fingerprint density at radius 1 is 1.60 bits per heavy atom. The number of thiophene rings is 1. The number of rotatable bonds is 3. The Hall–Kier alpha value is -0.0100. The second-order valence-corrected chi connectivity index (χ2v) is 6.88. The highest BCUT2D eigenvalue weighted by atomic mass is 35.5. The predicted octanol–water partition coefficient (Wildman–Crippen LogP) is 4.72. The van der Waals surface area contributed by atoms with Gasteiger partial charge in [0.05, 0.1) is 0 Å². The first-order valence-corrected chi connectivity index (χ1v) is 7.08. The summed E-state index contributed by atoms with van der Waals surface area (Å²) in [7, 11) is 0. The lowest BCUT2D eigenvalue weighted by atomic mass is 9.79. The molecule has 1 aliphatic carbocycles. The normalized spacial score (nSPS) is 26.7. The highest BCUT2D eigenvalue weighted by Gasteiger charge is 2.38.